The van der Waals surface area contributed by atoms with E-state index in [1.54, 1.807) is 4.90 Å². The number of rotatable bonds is 7. The first kappa shape index (κ1) is 17.3. The van der Waals surface area contributed by atoms with Gasteiger partial charge in [-0.15, -0.1) is 0 Å². The summed E-state index contributed by atoms with van der Waals surface area (Å²) < 4.78 is 0. The lowest BCUT2D eigenvalue weighted by Crippen LogP contribution is -2.50. The van der Waals surface area contributed by atoms with Crippen molar-refractivity contribution in [3.63, 3.8) is 0 Å². The maximum atomic E-state index is 12.1. The minimum absolute atomic E-state index is 0.224. The minimum atomic E-state index is -1.000. The maximum absolute atomic E-state index is 12.1. The summed E-state index contributed by atoms with van der Waals surface area (Å²) in [4.78, 5) is 35.7. The fourth-order valence-corrected chi connectivity index (χ4v) is 2.53. The van der Waals surface area contributed by atoms with E-state index < -0.39 is 12.0 Å². The number of nitrogens with two attached hydrogens (primary N) is 1. The van der Waals surface area contributed by atoms with Crippen LogP contribution in [0.4, 0.5) is 4.79 Å². The summed E-state index contributed by atoms with van der Waals surface area (Å²) in [5, 5.41) is 11.7. The Morgan fingerprint density at radius 3 is 2.43 bits per heavy atom. The second kappa shape index (κ2) is 8.49. The number of likely N-dealkylation sites (tertiary alicyclic amines) is 1. The second-order valence-electron chi connectivity index (χ2n) is 5.58. The lowest BCUT2D eigenvalue weighted by molar-refractivity contribution is -0.139. The van der Waals surface area contributed by atoms with Crippen LogP contribution in [0.25, 0.3) is 0 Å². The van der Waals surface area contributed by atoms with Crippen LogP contribution in [0.5, 0.6) is 0 Å². The first-order chi connectivity index (χ1) is 9.93. The Labute approximate surface area is 124 Å². The number of hydrogen-bond acceptors (Lipinski definition) is 3. The molecule has 1 heterocycles. The van der Waals surface area contributed by atoms with Gasteiger partial charge in [-0.05, 0) is 25.2 Å². The van der Waals surface area contributed by atoms with Crippen molar-refractivity contribution in [1.29, 1.82) is 0 Å². The van der Waals surface area contributed by atoms with Crippen LogP contribution >= 0.6 is 0 Å². The van der Waals surface area contributed by atoms with Gasteiger partial charge in [-0.3, -0.25) is 4.79 Å². The summed E-state index contributed by atoms with van der Waals surface area (Å²) in [6, 6.07) is -1.17. The average Bonchev–Trinajstić information content (AvgIpc) is 2.43. The Bertz CT molecular complexity index is 378. The molecule has 0 aromatic rings. The monoisotopic (exact) mass is 299 g/mol. The molecule has 4 N–H and O–H groups in total. The first-order valence-electron chi connectivity index (χ1n) is 7.50. The number of urea groups is 1. The zero-order valence-corrected chi connectivity index (χ0v) is 12.5. The van der Waals surface area contributed by atoms with Gasteiger partial charge in [-0.25, -0.2) is 9.59 Å². The fourth-order valence-electron chi connectivity index (χ4n) is 2.53. The predicted octanol–water partition coefficient (Wildman–Crippen LogP) is 0.927. The Balaban J connectivity index is 2.41. The minimum Gasteiger partial charge on any atom is -0.480 e. The molecule has 120 valence electrons. The van der Waals surface area contributed by atoms with Crippen molar-refractivity contribution >= 4 is 17.9 Å². The molecule has 1 atom stereocenters. The molecule has 0 aliphatic carbocycles. The number of carbonyl (C=O) groups is 3. The number of carbonyl (C=O) groups excluding carboxylic acids is 2. The number of amides is 3. The largest absolute Gasteiger partial charge is 0.480 e. The van der Waals surface area contributed by atoms with E-state index in [-0.39, 0.29) is 17.9 Å². The third-order valence-corrected chi connectivity index (χ3v) is 3.83. The summed E-state index contributed by atoms with van der Waals surface area (Å²) in [7, 11) is 0. The Morgan fingerprint density at radius 1 is 1.33 bits per heavy atom. The van der Waals surface area contributed by atoms with Crippen molar-refractivity contribution < 1.29 is 19.5 Å². The summed E-state index contributed by atoms with van der Waals surface area (Å²) in [6.45, 7) is 3.04. The molecule has 0 bridgehead atoms. The van der Waals surface area contributed by atoms with Gasteiger partial charge < -0.3 is 21.1 Å². The molecule has 0 saturated carbocycles. The number of aliphatic carboxylic acids is 1. The Morgan fingerprint density at radius 2 is 1.95 bits per heavy atom. The topological polar surface area (TPSA) is 113 Å². The third-order valence-electron chi connectivity index (χ3n) is 3.83. The molecule has 1 aliphatic rings. The van der Waals surface area contributed by atoms with Crippen LogP contribution < -0.4 is 11.1 Å². The molecule has 0 aromatic heterocycles. The van der Waals surface area contributed by atoms with Gasteiger partial charge in [0.2, 0.25) is 5.91 Å². The molecule has 1 saturated heterocycles. The van der Waals surface area contributed by atoms with Crippen LogP contribution in [0.15, 0.2) is 0 Å². The van der Waals surface area contributed by atoms with Crippen molar-refractivity contribution in [3.05, 3.63) is 0 Å². The van der Waals surface area contributed by atoms with E-state index in [9.17, 15) is 14.4 Å². The number of hydrogen-bond donors (Lipinski definition) is 3. The molecule has 1 rings (SSSR count). The average molecular weight is 299 g/mol. The molecule has 21 heavy (non-hydrogen) atoms. The van der Waals surface area contributed by atoms with Gasteiger partial charge in [0.05, 0.1) is 0 Å². The third kappa shape index (κ3) is 6.01. The van der Waals surface area contributed by atoms with Crippen LogP contribution in [0, 0.1) is 5.92 Å². The number of unbranched alkanes of at least 4 members (excludes halogenated alkanes) is 1. The Hall–Kier alpha value is -1.79. The number of nitrogens with one attached hydrogen (secondary N) is 1. The summed E-state index contributed by atoms with van der Waals surface area (Å²) in [5.74, 6) is -1.09. The molecule has 0 radical (unpaired) electrons. The van der Waals surface area contributed by atoms with Crippen LogP contribution in [0.1, 0.15) is 45.4 Å². The van der Waals surface area contributed by atoms with Crippen molar-refractivity contribution in [2.24, 2.45) is 11.7 Å². The molecular weight excluding hydrogens is 274 g/mol. The smallest absolute Gasteiger partial charge is 0.326 e. The van der Waals surface area contributed by atoms with E-state index in [4.69, 9.17) is 10.8 Å². The quantitative estimate of drug-likeness (QED) is 0.649. The van der Waals surface area contributed by atoms with Crippen LogP contribution in [-0.2, 0) is 9.59 Å². The van der Waals surface area contributed by atoms with Crippen LogP contribution in [0.3, 0.4) is 0 Å². The highest BCUT2D eigenvalue weighted by Crippen LogP contribution is 2.20. The summed E-state index contributed by atoms with van der Waals surface area (Å²) >= 11 is 0. The molecule has 7 nitrogen and oxygen atoms in total. The van der Waals surface area contributed by atoms with E-state index in [0.717, 1.165) is 25.7 Å². The molecule has 1 unspecified atom stereocenters. The molecule has 1 aliphatic heterocycles. The molecule has 3 amide bonds. The van der Waals surface area contributed by atoms with Crippen molar-refractivity contribution in [2.45, 2.75) is 51.5 Å². The van der Waals surface area contributed by atoms with E-state index in [1.165, 1.54) is 0 Å². The Kier molecular flexibility index (Phi) is 6.98. The molecule has 0 spiro atoms. The maximum Gasteiger partial charge on any atom is 0.326 e. The zero-order chi connectivity index (χ0) is 15.8. The van der Waals surface area contributed by atoms with Crippen LogP contribution in [0.2, 0.25) is 0 Å². The van der Waals surface area contributed by atoms with Gasteiger partial charge in [0.15, 0.2) is 0 Å². The van der Waals surface area contributed by atoms with Crippen LogP contribution in [-0.4, -0.2) is 47.0 Å². The van der Waals surface area contributed by atoms with Gasteiger partial charge in [0.25, 0.3) is 0 Å². The lowest BCUT2D eigenvalue weighted by atomic mass is 9.93. The number of carboxylic acids is 1. The highest BCUT2D eigenvalue weighted by molar-refractivity contribution is 5.82. The van der Waals surface area contributed by atoms with Gasteiger partial charge in [-0.1, -0.05) is 19.8 Å². The standard InChI is InChI=1S/C14H25N3O4/c1-2-3-4-11(13(19)20)16-14(21)17-7-5-10(6-8-17)9-12(15)18/h10-11H,2-9H2,1H3,(H2,15,18)(H,16,21)(H,19,20). The predicted molar refractivity (Wildman–Crippen MR) is 77.6 cm³/mol. The van der Waals surface area contributed by atoms with Gasteiger partial charge in [-0.2, -0.15) is 0 Å². The second-order valence-corrected chi connectivity index (χ2v) is 5.58. The number of primary amides is 1. The van der Waals surface area contributed by atoms with E-state index in [2.05, 4.69) is 5.32 Å². The van der Waals surface area contributed by atoms with Gasteiger partial charge in [0.1, 0.15) is 6.04 Å². The van der Waals surface area contributed by atoms with Gasteiger partial charge >= 0.3 is 12.0 Å². The van der Waals surface area contributed by atoms with E-state index in [0.29, 0.717) is 25.9 Å². The fraction of sp³-hybridized carbons (Fsp3) is 0.786. The highest BCUT2D eigenvalue weighted by atomic mass is 16.4. The summed E-state index contributed by atoms with van der Waals surface area (Å²) in [6.07, 6.45) is 3.89. The normalized spacial score (nSPS) is 17.3. The number of nitrogens with zero attached hydrogens (tertiary/aromatic N) is 1. The van der Waals surface area contributed by atoms with Crippen molar-refractivity contribution in [3.8, 4) is 0 Å². The molecule has 1 fully saturated rings. The first-order valence-corrected chi connectivity index (χ1v) is 7.50. The van der Waals surface area contributed by atoms with E-state index in [1.807, 2.05) is 6.92 Å². The SMILES string of the molecule is CCCCC(NC(=O)N1CCC(CC(N)=O)CC1)C(=O)O. The van der Waals surface area contributed by atoms with E-state index >= 15 is 0 Å². The lowest BCUT2D eigenvalue weighted by Gasteiger charge is -2.32. The molecular formula is C14H25N3O4. The highest BCUT2D eigenvalue weighted by Gasteiger charge is 2.26. The van der Waals surface area contributed by atoms with Crippen molar-refractivity contribution in [1.82, 2.24) is 10.2 Å². The molecule has 7 heteroatoms. The number of carboxylic acid groups (broad SMARTS) is 1. The van der Waals surface area contributed by atoms with Crippen molar-refractivity contribution in [2.75, 3.05) is 13.1 Å². The molecule has 0 aromatic carbocycles. The summed E-state index contributed by atoms with van der Waals surface area (Å²) in [5.41, 5.74) is 5.17. The number of piperidine rings is 1. The zero-order valence-electron chi connectivity index (χ0n) is 12.5. The van der Waals surface area contributed by atoms with Gasteiger partial charge in [0, 0.05) is 19.5 Å².